The molecular formula is C23H28N4O3S. The van der Waals surface area contributed by atoms with Crippen LogP contribution >= 0.6 is 11.3 Å². The van der Waals surface area contributed by atoms with Gasteiger partial charge in [0.15, 0.2) is 6.61 Å². The number of hydrogen-bond donors (Lipinski definition) is 1. The van der Waals surface area contributed by atoms with Gasteiger partial charge in [-0.2, -0.15) is 0 Å². The van der Waals surface area contributed by atoms with Gasteiger partial charge in [0.1, 0.15) is 10.6 Å². The summed E-state index contributed by atoms with van der Waals surface area (Å²) in [6, 6.07) is 5.97. The smallest absolute Gasteiger partial charge is 0.259 e. The van der Waals surface area contributed by atoms with Crippen molar-refractivity contribution in [1.82, 2.24) is 20.5 Å². The lowest BCUT2D eigenvalue weighted by atomic mass is 9.82. The first-order valence-electron chi connectivity index (χ1n) is 10.7. The summed E-state index contributed by atoms with van der Waals surface area (Å²) in [6.07, 6.45) is 4.03. The van der Waals surface area contributed by atoms with E-state index in [0.29, 0.717) is 24.2 Å². The molecule has 0 spiro atoms. The van der Waals surface area contributed by atoms with Crippen LogP contribution in [-0.4, -0.2) is 34.2 Å². The molecule has 7 nitrogen and oxygen atoms in total. The molecule has 0 bridgehead atoms. The van der Waals surface area contributed by atoms with E-state index in [2.05, 4.69) is 20.5 Å². The third-order valence-electron chi connectivity index (χ3n) is 5.92. The van der Waals surface area contributed by atoms with Crippen molar-refractivity contribution >= 4 is 17.2 Å². The molecule has 1 fully saturated rings. The average Bonchev–Trinajstić information content (AvgIpc) is 3.41. The maximum atomic E-state index is 12.2. The van der Waals surface area contributed by atoms with Crippen molar-refractivity contribution in [1.29, 1.82) is 0 Å². The maximum absolute atomic E-state index is 12.2. The molecule has 2 heterocycles. The summed E-state index contributed by atoms with van der Waals surface area (Å²) in [5.74, 6) is 2.75. The SMILES string of the molecule is Cc1cccc(C)c1OCC(=O)NCC1CCC(c2nnc(-c3scnc3C)o2)CC1. The number of nitrogens with one attached hydrogen (secondary N) is 1. The second kappa shape index (κ2) is 9.60. The summed E-state index contributed by atoms with van der Waals surface area (Å²) in [5.41, 5.74) is 4.80. The Balaban J connectivity index is 1.21. The first-order chi connectivity index (χ1) is 15.0. The number of rotatable bonds is 7. The highest BCUT2D eigenvalue weighted by Gasteiger charge is 2.27. The molecule has 1 aliphatic rings. The lowest BCUT2D eigenvalue weighted by Gasteiger charge is -2.26. The average molecular weight is 441 g/mol. The topological polar surface area (TPSA) is 90.1 Å². The fourth-order valence-corrected chi connectivity index (χ4v) is 4.81. The van der Waals surface area contributed by atoms with Crippen LogP contribution in [0.3, 0.4) is 0 Å². The molecular weight excluding hydrogens is 412 g/mol. The molecule has 1 saturated carbocycles. The summed E-state index contributed by atoms with van der Waals surface area (Å²) < 4.78 is 11.7. The van der Waals surface area contributed by atoms with Crippen LogP contribution in [0.4, 0.5) is 0 Å². The Bertz CT molecular complexity index is 1020. The van der Waals surface area contributed by atoms with E-state index in [4.69, 9.17) is 9.15 Å². The normalized spacial score (nSPS) is 18.7. The molecule has 8 heteroatoms. The number of aryl methyl sites for hydroxylation is 3. The van der Waals surface area contributed by atoms with Crippen molar-refractivity contribution in [3.05, 3.63) is 46.4 Å². The zero-order chi connectivity index (χ0) is 21.8. The molecule has 1 amide bonds. The van der Waals surface area contributed by atoms with Crippen LogP contribution in [0.25, 0.3) is 10.8 Å². The molecule has 31 heavy (non-hydrogen) atoms. The van der Waals surface area contributed by atoms with Crippen molar-refractivity contribution in [3.8, 4) is 16.5 Å². The van der Waals surface area contributed by atoms with Gasteiger partial charge in [0.2, 0.25) is 5.89 Å². The van der Waals surface area contributed by atoms with Gasteiger partial charge in [-0.25, -0.2) is 4.98 Å². The quantitative estimate of drug-likeness (QED) is 0.578. The molecule has 0 unspecified atom stereocenters. The molecule has 0 aliphatic heterocycles. The van der Waals surface area contributed by atoms with Crippen molar-refractivity contribution < 1.29 is 13.9 Å². The third-order valence-corrected chi connectivity index (χ3v) is 6.84. The fraction of sp³-hybridized carbons (Fsp3) is 0.478. The van der Waals surface area contributed by atoms with Crippen LogP contribution in [-0.2, 0) is 4.79 Å². The Morgan fingerprint density at radius 1 is 1.16 bits per heavy atom. The predicted octanol–water partition coefficient (Wildman–Crippen LogP) is 4.59. The monoisotopic (exact) mass is 440 g/mol. The van der Waals surface area contributed by atoms with E-state index in [9.17, 15) is 4.79 Å². The van der Waals surface area contributed by atoms with E-state index in [1.54, 1.807) is 5.51 Å². The number of benzene rings is 1. The minimum atomic E-state index is -0.0775. The van der Waals surface area contributed by atoms with Crippen molar-refractivity contribution in [2.24, 2.45) is 5.92 Å². The minimum Gasteiger partial charge on any atom is -0.483 e. The zero-order valence-corrected chi connectivity index (χ0v) is 19.0. The van der Waals surface area contributed by atoms with Crippen molar-refractivity contribution in [3.63, 3.8) is 0 Å². The number of nitrogens with zero attached hydrogens (tertiary/aromatic N) is 3. The van der Waals surface area contributed by atoms with Gasteiger partial charge in [-0.15, -0.1) is 21.5 Å². The molecule has 4 rings (SSSR count). The molecule has 2 aromatic heterocycles. The van der Waals surface area contributed by atoms with E-state index < -0.39 is 0 Å². The Hall–Kier alpha value is -2.74. The van der Waals surface area contributed by atoms with Crippen LogP contribution in [0.1, 0.15) is 54.3 Å². The fourth-order valence-electron chi connectivity index (χ4n) is 4.09. The first kappa shape index (κ1) is 21.5. The summed E-state index contributed by atoms with van der Waals surface area (Å²) in [5, 5.41) is 11.5. The summed E-state index contributed by atoms with van der Waals surface area (Å²) in [6.45, 7) is 6.65. The van der Waals surface area contributed by atoms with Gasteiger partial charge >= 0.3 is 0 Å². The highest BCUT2D eigenvalue weighted by molar-refractivity contribution is 7.13. The second-order valence-corrected chi connectivity index (χ2v) is 9.10. The van der Waals surface area contributed by atoms with Gasteiger partial charge in [0.25, 0.3) is 11.8 Å². The van der Waals surface area contributed by atoms with Gasteiger partial charge in [-0.05, 0) is 63.5 Å². The predicted molar refractivity (Wildman–Crippen MR) is 119 cm³/mol. The standard InChI is InChI=1S/C23H28N4O3S/c1-14-5-4-6-15(2)20(14)29-12-19(28)24-11-17-7-9-18(10-8-17)22-26-27-23(30-22)21-16(3)25-13-31-21/h4-6,13,17-18H,7-12H2,1-3H3,(H,24,28). The van der Waals surface area contributed by atoms with Crippen molar-refractivity contribution in [2.75, 3.05) is 13.2 Å². The number of hydrogen-bond acceptors (Lipinski definition) is 7. The van der Waals surface area contributed by atoms with Crippen LogP contribution in [0, 0.1) is 26.7 Å². The molecule has 0 saturated heterocycles. The molecule has 164 valence electrons. The van der Waals surface area contributed by atoms with Crippen LogP contribution in [0.15, 0.2) is 28.1 Å². The van der Waals surface area contributed by atoms with E-state index in [1.165, 1.54) is 11.3 Å². The van der Waals surface area contributed by atoms with E-state index >= 15 is 0 Å². The third kappa shape index (κ3) is 5.12. The number of carbonyl (C=O) groups excluding carboxylic acids is 1. The Kier molecular flexibility index (Phi) is 6.65. The van der Waals surface area contributed by atoms with Crippen LogP contribution in [0.5, 0.6) is 5.75 Å². The summed E-state index contributed by atoms with van der Waals surface area (Å²) in [7, 11) is 0. The van der Waals surface area contributed by atoms with Gasteiger partial charge in [-0.3, -0.25) is 4.79 Å². The van der Waals surface area contributed by atoms with E-state index in [-0.39, 0.29) is 18.4 Å². The zero-order valence-electron chi connectivity index (χ0n) is 18.2. The van der Waals surface area contributed by atoms with Gasteiger partial charge in [-0.1, -0.05) is 18.2 Å². The number of ether oxygens (including phenoxy) is 1. The van der Waals surface area contributed by atoms with Gasteiger partial charge in [0, 0.05) is 12.5 Å². The van der Waals surface area contributed by atoms with Crippen molar-refractivity contribution in [2.45, 2.75) is 52.4 Å². The second-order valence-electron chi connectivity index (χ2n) is 8.24. The molecule has 1 aromatic carbocycles. The number of aromatic nitrogens is 3. The highest BCUT2D eigenvalue weighted by atomic mass is 32.1. The molecule has 1 N–H and O–H groups in total. The number of para-hydroxylation sites is 1. The number of thiazole rings is 1. The summed E-state index contributed by atoms with van der Waals surface area (Å²) >= 11 is 1.52. The minimum absolute atomic E-state index is 0.0444. The van der Waals surface area contributed by atoms with Gasteiger partial charge in [0.05, 0.1) is 11.2 Å². The van der Waals surface area contributed by atoms with E-state index in [1.807, 2.05) is 39.0 Å². The first-order valence-corrected chi connectivity index (χ1v) is 11.6. The maximum Gasteiger partial charge on any atom is 0.259 e. The van der Waals surface area contributed by atoms with Crippen LogP contribution < -0.4 is 10.1 Å². The summed E-state index contributed by atoms with van der Waals surface area (Å²) in [4.78, 5) is 17.4. The van der Waals surface area contributed by atoms with Crippen LogP contribution in [0.2, 0.25) is 0 Å². The molecule has 3 aromatic rings. The van der Waals surface area contributed by atoms with E-state index in [0.717, 1.165) is 53.1 Å². The Labute approximate surface area is 186 Å². The Morgan fingerprint density at radius 3 is 2.58 bits per heavy atom. The Morgan fingerprint density at radius 2 is 1.90 bits per heavy atom. The number of carbonyl (C=O) groups is 1. The lowest BCUT2D eigenvalue weighted by Crippen LogP contribution is -2.34. The highest BCUT2D eigenvalue weighted by Crippen LogP contribution is 2.36. The molecule has 1 aliphatic carbocycles. The molecule has 0 radical (unpaired) electrons. The number of amides is 1. The van der Waals surface area contributed by atoms with Gasteiger partial charge < -0.3 is 14.5 Å². The largest absolute Gasteiger partial charge is 0.483 e. The molecule has 0 atom stereocenters. The lowest BCUT2D eigenvalue weighted by molar-refractivity contribution is -0.123.